The van der Waals surface area contributed by atoms with Crippen molar-refractivity contribution in [2.24, 2.45) is 0 Å². The third-order valence-corrected chi connectivity index (χ3v) is 2.72. The van der Waals surface area contributed by atoms with Crippen LogP contribution in [-0.4, -0.2) is 5.97 Å². The molecule has 0 aromatic heterocycles. The van der Waals surface area contributed by atoms with Crippen LogP contribution in [0.2, 0.25) is 0 Å². The second kappa shape index (κ2) is 3.12. The number of aryl methyl sites for hydroxylation is 2. The van der Waals surface area contributed by atoms with Gasteiger partial charge in [0.1, 0.15) is 6.10 Å². The molecule has 0 radical (unpaired) electrons. The van der Waals surface area contributed by atoms with Crippen LogP contribution in [0.1, 0.15) is 35.3 Å². The van der Waals surface area contributed by atoms with Crippen LogP contribution in [0.25, 0.3) is 0 Å². The fourth-order valence-electron chi connectivity index (χ4n) is 2.08. The summed E-state index contributed by atoms with van der Waals surface area (Å²) in [4.78, 5) is 11.3. The van der Waals surface area contributed by atoms with E-state index in [9.17, 15) is 4.79 Å². The van der Waals surface area contributed by atoms with E-state index in [0.29, 0.717) is 6.42 Å². The summed E-state index contributed by atoms with van der Waals surface area (Å²) in [6, 6.07) is 4.23. The number of cyclic esters (lactones) is 1. The fourth-order valence-corrected chi connectivity index (χ4v) is 2.08. The average Bonchev–Trinajstić information content (AvgIpc) is 2.07. The number of rotatable bonds is 0. The lowest BCUT2D eigenvalue weighted by molar-refractivity contribution is -0.149. The van der Waals surface area contributed by atoms with Gasteiger partial charge < -0.3 is 4.74 Å². The third kappa shape index (κ3) is 1.41. The van der Waals surface area contributed by atoms with Gasteiger partial charge in [0.15, 0.2) is 0 Å². The molecule has 0 saturated heterocycles. The van der Waals surface area contributed by atoms with Crippen LogP contribution < -0.4 is 0 Å². The minimum Gasteiger partial charge on any atom is -0.458 e. The van der Waals surface area contributed by atoms with Gasteiger partial charge in [-0.1, -0.05) is 17.7 Å². The van der Waals surface area contributed by atoms with E-state index in [1.165, 1.54) is 16.7 Å². The molecule has 1 aromatic rings. The SMILES string of the molecule is Cc1cc(C)c2c(c1)C(C)OC(=O)C2. The van der Waals surface area contributed by atoms with E-state index in [0.717, 1.165) is 5.56 Å². The van der Waals surface area contributed by atoms with E-state index >= 15 is 0 Å². The molecule has 0 aliphatic carbocycles. The van der Waals surface area contributed by atoms with Gasteiger partial charge in [0, 0.05) is 0 Å². The first-order valence-electron chi connectivity index (χ1n) is 4.87. The predicted molar refractivity (Wildman–Crippen MR) is 54.1 cm³/mol. The number of carbonyl (C=O) groups excluding carboxylic acids is 1. The molecule has 1 atom stereocenters. The van der Waals surface area contributed by atoms with Gasteiger partial charge in [-0.3, -0.25) is 4.79 Å². The zero-order valence-electron chi connectivity index (χ0n) is 8.76. The van der Waals surface area contributed by atoms with Crippen LogP contribution in [0.3, 0.4) is 0 Å². The number of fused-ring (bicyclic) bond motifs is 1. The van der Waals surface area contributed by atoms with Crippen LogP contribution in [0.15, 0.2) is 12.1 Å². The van der Waals surface area contributed by atoms with Crippen molar-refractivity contribution in [3.05, 3.63) is 34.4 Å². The van der Waals surface area contributed by atoms with E-state index < -0.39 is 0 Å². The van der Waals surface area contributed by atoms with Crippen molar-refractivity contribution in [2.45, 2.75) is 33.3 Å². The van der Waals surface area contributed by atoms with Crippen LogP contribution in [0, 0.1) is 13.8 Å². The maximum Gasteiger partial charge on any atom is 0.310 e. The first kappa shape index (κ1) is 9.25. The molecule has 0 N–H and O–H groups in total. The quantitative estimate of drug-likeness (QED) is 0.587. The first-order chi connectivity index (χ1) is 6.58. The van der Waals surface area contributed by atoms with Crippen molar-refractivity contribution in [1.29, 1.82) is 0 Å². The highest BCUT2D eigenvalue weighted by molar-refractivity contribution is 5.76. The van der Waals surface area contributed by atoms with Gasteiger partial charge >= 0.3 is 5.97 Å². The van der Waals surface area contributed by atoms with Gasteiger partial charge in [-0.2, -0.15) is 0 Å². The molecule has 74 valence electrons. The van der Waals surface area contributed by atoms with Gasteiger partial charge in [-0.05, 0) is 37.5 Å². The number of hydrogen-bond donors (Lipinski definition) is 0. The standard InChI is InChI=1S/C12H14O2/c1-7-4-8(2)10-6-12(13)14-9(3)11(10)5-7/h4-5,9H,6H2,1-3H3. The summed E-state index contributed by atoms with van der Waals surface area (Å²) >= 11 is 0. The minimum absolute atomic E-state index is 0.0927. The lowest BCUT2D eigenvalue weighted by Gasteiger charge is -2.24. The second-order valence-corrected chi connectivity index (χ2v) is 3.96. The van der Waals surface area contributed by atoms with Crippen molar-refractivity contribution in [3.63, 3.8) is 0 Å². The average molecular weight is 190 g/mol. The summed E-state index contributed by atoms with van der Waals surface area (Å²) < 4.78 is 5.18. The third-order valence-electron chi connectivity index (χ3n) is 2.72. The zero-order chi connectivity index (χ0) is 10.3. The smallest absolute Gasteiger partial charge is 0.310 e. The van der Waals surface area contributed by atoms with Crippen LogP contribution in [0.5, 0.6) is 0 Å². The topological polar surface area (TPSA) is 26.3 Å². The maximum atomic E-state index is 11.3. The number of hydrogen-bond acceptors (Lipinski definition) is 2. The van der Waals surface area contributed by atoms with E-state index in [-0.39, 0.29) is 12.1 Å². The molecule has 14 heavy (non-hydrogen) atoms. The van der Waals surface area contributed by atoms with Gasteiger partial charge in [0.05, 0.1) is 6.42 Å². The molecule has 0 fully saturated rings. The van der Waals surface area contributed by atoms with Gasteiger partial charge in [-0.25, -0.2) is 0 Å². The van der Waals surface area contributed by atoms with Crippen molar-refractivity contribution < 1.29 is 9.53 Å². The lowest BCUT2D eigenvalue weighted by atomic mass is 9.92. The summed E-state index contributed by atoms with van der Waals surface area (Å²) in [5.41, 5.74) is 4.75. The van der Waals surface area contributed by atoms with Crippen LogP contribution >= 0.6 is 0 Å². The Labute approximate surface area is 83.9 Å². The molecular formula is C12H14O2. The lowest BCUT2D eigenvalue weighted by Crippen LogP contribution is -2.20. The van der Waals surface area contributed by atoms with Crippen molar-refractivity contribution in [3.8, 4) is 0 Å². The van der Waals surface area contributed by atoms with Crippen molar-refractivity contribution in [2.75, 3.05) is 0 Å². The summed E-state index contributed by atoms with van der Waals surface area (Å²) in [6.45, 7) is 6.04. The Morgan fingerprint density at radius 3 is 2.79 bits per heavy atom. The van der Waals surface area contributed by atoms with E-state index in [2.05, 4.69) is 26.0 Å². The Hall–Kier alpha value is -1.31. The Balaban J connectivity index is 2.58. The molecule has 0 spiro atoms. The van der Waals surface area contributed by atoms with E-state index in [1.54, 1.807) is 0 Å². The number of carbonyl (C=O) groups is 1. The highest BCUT2D eigenvalue weighted by Crippen LogP contribution is 2.30. The molecule has 2 heteroatoms. The van der Waals surface area contributed by atoms with Gasteiger partial charge in [0.25, 0.3) is 0 Å². The van der Waals surface area contributed by atoms with E-state index in [4.69, 9.17) is 4.74 Å². The largest absolute Gasteiger partial charge is 0.458 e. The molecule has 0 saturated carbocycles. The summed E-state index contributed by atoms with van der Waals surface area (Å²) in [7, 11) is 0. The Bertz CT molecular complexity index is 394. The van der Waals surface area contributed by atoms with Crippen molar-refractivity contribution >= 4 is 5.97 Å². The van der Waals surface area contributed by atoms with Crippen LogP contribution in [0.4, 0.5) is 0 Å². The molecule has 1 aliphatic heterocycles. The van der Waals surface area contributed by atoms with Crippen LogP contribution in [-0.2, 0) is 16.0 Å². The highest BCUT2D eigenvalue weighted by Gasteiger charge is 2.24. The normalized spacial score (nSPS) is 20.2. The maximum absolute atomic E-state index is 11.3. The minimum atomic E-state index is -0.114. The van der Waals surface area contributed by atoms with E-state index in [1.807, 2.05) is 6.92 Å². The molecule has 0 bridgehead atoms. The Morgan fingerprint density at radius 2 is 2.07 bits per heavy atom. The first-order valence-corrected chi connectivity index (χ1v) is 4.87. The summed E-state index contributed by atoms with van der Waals surface area (Å²) in [6.07, 6.45) is 0.330. The van der Waals surface area contributed by atoms with Gasteiger partial charge in [-0.15, -0.1) is 0 Å². The molecule has 1 heterocycles. The summed E-state index contributed by atoms with van der Waals surface area (Å²) in [5, 5.41) is 0. The Morgan fingerprint density at radius 1 is 1.36 bits per heavy atom. The molecule has 1 unspecified atom stereocenters. The molecule has 2 nitrogen and oxygen atoms in total. The highest BCUT2D eigenvalue weighted by atomic mass is 16.5. The second-order valence-electron chi connectivity index (χ2n) is 3.96. The molecule has 0 amide bonds. The molecule has 1 aliphatic rings. The fraction of sp³-hybridized carbons (Fsp3) is 0.417. The molecule has 1 aromatic carbocycles. The number of ether oxygens (including phenoxy) is 1. The number of benzene rings is 1. The predicted octanol–water partition coefficient (Wildman–Crippen LogP) is 2.46. The van der Waals surface area contributed by atoms with Gasteiger partial charge in [0.2, 0.25) is 0 Å². The number of esters is 1. The molecule has 2 rings (SSSR count). The molecular weight excluding hydrogens is 176 g/mol. The zero-order valence-corrected chi connectivity index (χ0v) is 8.76. The Kier molecular flexibility index (Phi) is 2.06. The summed E-state index contributed by atoms with van der Waals surface area (Å²) in [5.74, 6) is -0.114. The van der Waals surface area contributed by atoms with Crippen molar-refractivity contribution in [1.82, 2.24) is 0 Å². The monoisotopic (exact) mass is 190 g/mol.